The number of rotatable bonds is 4. The largest absolute Gasteiger partial charge is 0.465 e. The summed E-state index contributed by atoms with van der Waals surface area (Å²) < 4.78 is 5.10. The van der Waals surface area contributed by atoms with E-state index in [0.29, 0.717) is 18.6 Å². The normalized spacial score (nSPS) is 31.4. The van der Waals surface area contributed by atoms with E-state index in [2.05, 4.69) is 26.1 Å². The lowest BCUT2D eigenvalue weighted by Crippen LogP contribution is -2.62. The molecule has 0 heterocycles. The Balaban J connectivity index is 2.59. The van der Waals surface area contributed by atoms with Gasteiger partial charge in [0.1, 0.15) is 5.54 Å². The molecule has 1 saturated carbocycles. The van der Waals surface area contributed by atoms with Gasteiger partial charge in [0, 0.05) is 6.04 Å². The van der Waals surface area contributed by atoms with E-state index in [1.54, 1.807) is 0 Å². The number of carbonyl (C=O) groups excluding carboxylic acids is 1. The fourth-order valence-corrected chi connectivity index (χ4v) is 2.30. The van der Waals surface area contributed by atoms with Crippen LogP contribution >= 0.6 is 0 Å². The van der Waals surface area contributed by atoms with Crippen molar-refractivity contribution in [3.05, 3.63) is 0 Å². The molecule has 0 aromatic carbocycles. The molecule has 0 saturated heterocycles. The van der Waals surface area contributed by atoms with Crippen LogP contribution in [0.1, 0.15) is 40.5 Å². The van der Waals surface area contributed by atoms with E-state index in [1.165, 1.54) is 0 Å². The second kappa shape index (κ2) is 4.30. The fourth-order valence-electron chi connectivity index (χ4n) is 2.30. The number of nitrogens with one attached hydrogen (secondary N) is 1. The van der Waals surface area contributed by atoms with Gasteiger partial charge in [-0.3, -0.25) is 10.1 Å². The van der Waals surface area contributed by atoms with E-state index >= 15 is 0 Å². The summed E-state index contributed by atoms with van der Waals surface area (Å²) >= 11 is 0. The van der Waals surface area contributed by atoms with Crippen LogP contribution in [0.5, 0.6) is 0 Å². The maximum Gasteiger partial charge on any atom is 0.326 e. The van der Waals surface area contributed by atoms with Gasteiger partial charge in [0.05, 0.1) is 6.61 Å². The van der Waals surface area contributed by atoms with Crippen molar-refractivity contribution >= 4 is 5.97 Å². The zero-order valence-corrected chi connectivity index (χ0v) is 9.59. The summed E-state index contributed by atoms with van der Waals surface area (Å²) in [5.41, 5.74) is -0.385. The highest BCUT2D eigenvalue weighted by Crippen LogP contribution is 2.38. The van der Waals surface area contributed by atoms with Crippen molar-refractivity contribution in [2.24, 2.45) is 5.92 Å². The van der Waals surface area contributed by atoms with E-state index in [-0.39, 0.29) is 11.5 Å². The molecule has 0 amide bonds. The maximum absolute atomic E-state index is 11.7. The molecule has 0 unspecified atom stereocenters. The first-order chi connectivity index (χ1) is 6.50. The van der Waals surface area contributed by atoms with Crippen LogP contribution < -0.4 is 5.32 Å². The molecule has 14 heavy (non-hydrogen) atoms. The Hall–Kier alpha value is -0.570. The zero-order chi connectivity index (χ0) is 10.8. The Morgan fingerprint density at radius 3 is 2.50 bits per heavy atom. The Morgan fingerprint density at radius 2 is 2.14 bits per heavy atom. The third-order valence-electron chi connectivity index (χ3n) is 2.62. The summed E-state index contributed by atoms with van der Waals surface area (Å²) in [6.07, 6.45) is 1.81. The van der Waals surface area contributed by atoms with Crippen molar-refractivity contribution < 1.29 is 9.53 Å². The molecule has 3 nitrogen and oxygen atoms in total. The van der Waals surface area contributed by atoms with Crippen molar-refractivity contribution in [2.45, 2.75) is 52.1 Å². The topological polar surface area (TPSA) is 38.3 Å². The Kier molecular flexibility index (Phi) is 3.53. The van der Waals surface area contributed by atoms with Crippen LogP contribution in [-0.2, 0) is 9.53 Å². The van der Waals surface area contributed by atoms with Gasteiger partial charge in [-0.25, -0.2) is 0 Å². The second-order valence-electron chi connectivity index (χ2n) is 4.62. The van der Waals surface area contributed by atoms with E-state index < -0.39 is 0 Å². The molecule has 3 heteroatoms. The van der Waals surface area contributed by atoms with Crippen molar-refractivity contribution in [2.75, 3.05) is 6.61 Å². The van der Waals surface area contributed by atoms with E-state index in [0.717, 1.165) is 12.8 Å². The quantitative estimate of drug-likeness (QED) is 0.701. The molecule has 1 fully saturated rings. The summed E-state index contributed by atoms with van der Waals surface area (Å²) in [6, 6.07) is 0.326. The smallest absolute Gasteiger partial charge is 0.326 e. The van der Waals surface area contributed by atoms with Gasteiger partial charge in [0.15, 0.2) is 0 Å². The Bertz CT molecular complexity index is 207. The molecular formula is C11H21NO2. The highest BCUT2D eigenvalue weighted by Gasteiger charge is 2.49. The molecular weight excluding hydrogens is 178 g/mol. The van der Waals surface area contributed by atoms with Crippen LogP contribution in [0.15, 0.2) is 0 Å². The number of hydrogen-bond acceptors (Lipinski definition) is 3. The third-order valence-corrected chi connectivity index (χ3v) is 2.62. The molecule has 0 spiro atoms. The molecule has 0 aliphatic heterocycles. The van der Waals surface area contributed by atoms with Crippen LogP contribution in [0.4, 0.5) is 0 Å². The molecule has 0 aromatic rings. The molecule has 0 radical (unpaired) electrons. The lowest BCUT2D eigenvalue weighted by molar-refractivity contribution is -0.158. The molecule has 1 N–H and O–H groups in total. The molecule has 0 bridgehead atoms. The highest BCUT2D eigenvalue weighted by molar-refractivity contribution is 5.82. The predicted molar refractivity (Wildman–Crippen MR) is 56.0 cm³/mol. The number of esters is 1. The van der Waals surface area contributed by atoms with Gasteiger partial charge >= 0.3 is 5.97 Å². The average Bonchev–Trinajstić information content (AvgIpc) is 2.00. The van der Waals surface area contributed by atoms with Gasteiger partial charge in [-0.1, -0.05) is 6.92 Å². The standard InChI is InChI=1S/C11H21NO2/c1-5-14-10(13)11(12-8(2)3)6-9(4)7-11/h8-9,12H,5-7H2,1-4H3. The zero-order valence-electron chi connectivity index (χ0n) is 9.59. The Labute approximate surface area is 86.2 Å². The lowest BCUT2D eigenvalue weighted by atomic mass is 9.69. The second-order valence-corrected chi connectivity index (χ2v) is 4.62. The Morgan fingerprint density at radius 1 is 1.57 bits per heavy atom. The minimum atomic E-state index is -0.385. The molecule has 82 valence electrons. The van der Waals surface area contributed by atoms with Crippen molar-refractivity contribution in [1.82, 2.24) is 5.32 Å². The van der Waals surface area contributed by atoms with Gasteiger partial charge in [-0.05, 0) is 39.5 Å². The van der Waals surface area contributed by atoms with E-state index in [4.69, 9.17) is 4.74 Å². The van der Waals surface area contributed by atoms with Crippen molar-refractivity contribution in [3.8, 4) is 0 Å². The van der Waals surface area contributed by atoms with Crippen molar-refractivity contribution in [1.29, 1.82) is 0 Å². The molecule has 0 atom stereocenters. The minimum Gasteiger partial charge on any atom is -0.465 e. The summed E-state index contributed by atoms with van der Waals surface area (Å²) in [7, 11) is 0. The summed E-state index contributed by atoms with van der Waals surface area (Å²) in [5.74, 6) is 0.553. The van der Waals surface area contributed by atoms with Gasteiger partial charge in [0.2, 0.25) is 0 Å². The first kappa shape index (κ1) is 11.5. The SMILES string of the molecule is CCOC(=O)C1(NC(C)C)CC(C)C1. The van der Waals surface area contributed by atoms with Crippen LogP contribution in [0.3, 0.4) is 0 Å². The molecule has 1 aliphatic carbocycles. The van der Waals surface area contributed by atoms with Gasteiger partial charge in [-0.2, -0.15) is 0 Å². The predicted octanol–water partition coefficient (Wildman–Crippen LogP) is 1.72. The van der Waals surface area contributed by atoms with Gasteiger partial charge in [0.25, 0.3) is 0 Å². The van der Waals surface area contributed by atoms with Crippen LogP contribution in [0.2, 0.25) is 0 Å². The average molecular weight is 199 g/mol. The van der Waals surface area contributed by atoms with Crippen LogP contribution in [0, 0.1) is 5.92 Å². The first-order valence-electron chi connectivity index (χ1n) is 5.45. The summed E-state index contributed by atoms with van der Waals surface area (Å²) in [6.45, 7) is 8.60. The maximum atomic E-state index is 11.7. The van der Waals surface area contributed by atoms with E-state index in [9.17, 15) is 4.79 Å². The van der Waals surface area contributed by atoms with Gasteiger partial charge < -0.3 is 4.74 Å². The molecule has 1 aliphatic rings. The highest BCUT2D eigenvalue weighted by atomic mass is 16.5. The molecule has 0 aromatic heterocycles. The fraction of sp³-hybridized carbons (Fsp3) is 0.909. The van der Waals surface area contributed by atoms with Crippen LogP contribution in [0.25, 0.3) is 0 Å². The van der Waals surface area contributed by atoms with Crippen LogP contribution in [-0.4, -0.2) is 24.2 Å². The van der Waals surface area contributed by atoms with E-state index in [1.807, 2.05) is 6.92 Å². The number of ether oxygens (including phenoxy) is 1. The van der Waals surface area contributed by atoms with Gasteiger partial charge in [-0.15, -0.1) is 0 Å². The lowest BCUT2D eigenvalue weighted by Gasteiger charge is -2.45. The summed E-state index contributed by atoms with van der Waals surface area (Å²) in [5, 5.41) is 3.33. The monoisotopic (exact) mass is 199 g/mol. The minimum absolute atomic E-state index is 0.0770. The summed E-state index contributed by atoms with van der Waals surface area (Å²) in [4.78, 5) is 11.7. The number of carbonyl (C=O) groups is 1. The van der Waals surface area contributed by atoms with Crippen molar-refractivity contribution in [3.63, 3.8) is 0 Å². The molecule has 1 rings (SSSR count). The first-order valence-corrected chi connectivity index (χ1v) is 5.45. The third kappa shape index (κ3) is 2.27. The number of hydrogen-bond donors (Lipinski definition) is 1.